The summed E-state index contributed by atoms with van der Waals surface area (Å²) in [7, 11) is 0. The van der Waals surface area contributed by atoms with E-state index in [0.717, 1.165) is 24.5 Å². The summed E-state index contributed by atoms with van der Waals surface area (Å²) in [6.45, 7) is 11.2. The van der Waals surface area contributed by atoms with E-state index in [9.17, 15) is 0 Å². The van der Waals surface area contributed by atoms with Gasteiger partial charge in [0.05, 0.1) is 0 Å². The lowest BCUT2D eigenvalue weighted by molar-refractivity contribution is 0.171. The highest BCUT2D eigenvalue weighted by Crippen LogP contribution is 2.31. The smallest absolute Gasteiger partial charge is 0.161 e. The molecule has 0 amide bonds. The number of hydrogen-bond donors (Lipinski definition) is 1. The van der Waals surface area contributed by atoms with Crippen molar-refractivity contribution in [2.75, 3.05) is 19.8 Å². The summed E-state index contributed by atoms with van der Waals surface area (Å²) in [5.41, 5.74) is 1.49. The lowest BCUT2D eigenvalue weighted by atomic mass is 9.99. The molecule has 0 aliphatic carbocycles. The van der Waals surface area contributed by atoms with Crippen LogP contribution in [0, 0.1) is 5.92 Å². The maximum Gasteiger partial charge on any atom is 0.161 e. The monoisotopic (exact) mass is 263 g/mol. The minimum absolute atomic E-state index is 0.182. The van der Waals surface area contributed by atoms with Gasteiger partial charge in [-0.1, -0.05) is 13.0 Å². The van der Waals surface area contributed by atoms with Crippen molar-refractivity contribution in [2.24, 2.45) is 5.92 Å². The highest BCUT2D eigenvalue weighted by atomic mass is 16.6. The second kappa shape index (κ2) is 5.83. The summed E-state index contributed by atoms with van der Waals surface area (Å²) in [5, 5.41) is 3.55. The van der Waals surface area contributed by atoms with Crippen molar-refractivity contribution < 1.29 is 9.47 Å². The first-order valence-electron chi connectivity index (χ1n) is 7.07. The van der Waals surface area contributed by atoms with E-state index < -0.39 is 0 Å². The Bertz CT molecular complexity index is 423. The molecule has 0 aromatic heterocycles. The Balaban J connectivity index is 1.92. The molecule has 1 aliphatic heterocycles. The van der Waals surface area contributed by atoms with Crippen LogP contribution in [0.2, 0.25) is 0 Å². The van der Waals surface area contributed by atoms with Gasteiger partial charge in [0.15, 0.2) is 11.5 Å². The standard InChI is InChI=1S/C16H25NO2/c1-12(11-17-16(2,3)4)9-13-5-6-14-15(10-13)19-8-7-18-14/h5-6,10,12,17H,7-9,11H2,1-4H3. The summed E-state index contributed by atoms with van der Waals surface area (Å²) in [6, 6.07) is 6.27. The van der Waals surface area contributed by atoms with E-state index in [1.165, 1.54) is 5.56 Å². The van der Waals surface area contributed by atoms with E-state index in [2.05, 4.69) is 45.1 Å². The molecule has 1 unspecified atom stereocenters. The molecule has 1 N–H and O–H groups in total. The minimum atomic E-state index is 0.182. The lowest BCUT2D eigenvalue weighted by Gasteiger charge is -2.24. The van der Waals surface area contributed by atoms with Gasteiger partial charge in [0, 0.05) is 5.54 Å². The van der Waals surface area contributed by atoms with Gasteiger partial charge in [-0.2, -0.15) is 0 Å². The molecule has 1 aliphatic rings. The van der Waals surface area contributed by atoms with Crippen LogP contribution in [0.1, 0.15) is 33.3 Å². The summed E-state index contributed by atoms with van der Waals surface area (Å²) >= 11 is 0. The number of nitrogens with one attached hydrogen (secondary N) is 1. The van der Waals surface area contributed by atoms with Gasteiger partial charge >= 0.3 is 0 Å². The fourth-order valence-electron chi connectivity index (χ4n) is 2.17. The van der Waals surface area contributed by atoms with Crippen molar-refractivity contribution in [3.8, 4) is 11.5 Å². The van der Waals surface area contributed by atoms with Crippen molar-refractivity contribution in [1.82, 2.24) is 5.32 Å². The lowest BCUT2D eigenvalue weighted by Crippen LogP contribution is -2.39. The summed E-state index contributed by atoms with van der Waals surface area (Å²) in [6.07, 6.45) is 1.06. The van der Waals surface area contributed by atoms with Gasteiger partial charge in [-0.05, 0) is 57.4 Å². The van der Waals surface area contributed by atoms with Crippen molar-refractivity contribution in [1.29, 1.82) is 0 Å². The molecule has 19 heavy (non-hydrogen) atoms. The van der Waals surface area contributed by atoms with Gasteiger partial charge in [-0.3, -0.25) is 0 Å². The molecule has 0 spiro atoms. The SMILES string of the molecule is CC(CNC(C)(C)C)Cc1ccc2c(c1)OCCO2. The number of ether oxygens (including phenoxy) is 2. The van der Waals surface area contributed by atoms with Crippen LogP contribution in [0.4, 0.5) is 0 Å². The van der Waals surface area contributed by atoms with E-state index in [-0.39, 0.29) is 5.54 Å². The Morgan fingerprint density at radius 1 is 1.16 bits per heavy atom. The van der Waals surface area contributed by atoms with Gasteiger partial charge in [0.2, 0.25) is 0 Å². The molecule has 0 bridgehead atoms. The highest BCUT2D eigenvalue weighted by molar-refractivity contribution is 5.43. The van der Waals surface area contributed by atoms with Crippen LogP contribution in [0.25, 0.3) is 0 Å². The second-order valence-electron chi connectivity index (χ2n) is 6.42. The van der Waals surface area contributed by atoms with Crippen LogP contribution >= 0.6 is 0 Å². The number of hydrogen-bond acceptors (Lipinski definition) is 3. The zero-order valence-corrected chi connectivity index (χ0v) is 12.5. The summed E-state index contributed by atoms with van der Waals surface area (Å²) < 4.78 is 11.2. The first-order valence-corrected chi connectivity index (χ1v) is 7.07. The zero-order valence-electron chi connectivity index (χ0n) is 12.5. The third-order valence-corrected chi connectivity index (χ3v) is 3.17. The maximum atomic E-state index is 5.62. The van der Waals surface area contributed by atoms with Gasteiger partial charge in [-0.15, -0.1) is 0 Å². The molecule has 106 valence electrons. The molecule has 0 fully saturated rings. The molecular weight excluding hydrogens is 238 g/mol. The molecule has 0 saturated carbocycles. The predicted molar refractivity (Wildman–Crippen MR) is 78.1 cm³/mol. The molecule has 3 heteroatoms. The van der Waals surface area contributed by atoms with Gasteiger partial charge in [0.25, 0.3) is 0 Å². The third kappa shape index (κ3) is 4.43. The Kier molecular flexibility index (Phi) is 4.35. The Hall–Kier alpha value is -1.22. The van der Waals surface area contributed by atoms with Crippen molar-refractivity contribution in [2.45, 2.75) is 39.7 Å². The first kappa shape index (κ1) is 14.2. The van der Waals surface area contributed by atoms with E-state index in [1.807, 2.05) is 6.07 Å². The Morgan fingerprint density at radius 2 is 1.84 bits per heavy atom. The Morgan fingerprint density at radius 3 is 2.53 bits per heavy atom. The molecule has 1 heterocycles. The second-order valence-corrected chi connectivity index (χ2v) is 6.42. The van der Waals surface area contributed by atoms with E-state index in [0.29, 0.717) is 19.1 Å². The molecule has 2 rings (SSSR count). The van der Waals surface area contributed by atoms with Crippen LogP contribution in [0.5, 0.6) is 11.5 Å². The largest absolute Gasteiger partial charge is 0.486 e. The van der Waals surface area contributed by atoms with Crippen LogP contribution < -0.4 is 14.8 Å². The molecule has 1 aromatic rings. The highest BCUT2D eigenvalue weighted by Gasteiger charge is 2.14. The molecule has 0 radical (unpaired) electrons. The van der Waals surface area contributed by atoms with Gasteiger partial charge in [0.1, 0.15) is 13.2 Å². The van der Waals surface area contributed by atoms with Crippen LogP contribution in [-0.4, -0.2) is 25.3 Å². The van der Waals surface area contributed by atoms with Crippen molar-refractivity contribution in [3.63, 3.8) is 0 Å². The summed E-state index contributed by atoms with van der Waals surface area (Å²) in [5.74, 6) is 2.36. The van der Waals surface area contributed by atoms with Crippen molar-refractivity contribution >= 4 is 0 Å². The number of fused-ring (bicyclic) bond motifs is 1. The average molecular weight is 263 g/mol. The topological polar surface area (TPSA) is 30.5 Å². The quantitative estimate of drug-likeness (QED) is 0.905. The van der Waals surface area contributed by atoms with Crippen LogP contribution in [0.3, 0.4) is 0 Å². The van der Waals surface area contributed by atoms with E-state index in [4.69, 9.17) is 9.47 Å². The van der Waals surface area contributed by atoms with E-state index >= 15 is 0 Å². The van der Waals surface area contributed by atoms with Gasteiger partial charge in [-0.25, -0.2) is 0 Å². The van der Waals surface area contributed by atoms with Gasteiger partial charge < -0.3 is 14.8 Å². The zero-order chi connectivity index (χ0) is 13.9. The minimum Gasteiger partial charge on any atom is -0.486 e. The Labute approximate surface area is 116 Å². The molecular formula is C16H25NO2. The maximum absolute atomic E-state index is 5.62. The number of benzene rings is 1. The first-order chi connectivity index (χ1) is 8.94. The number of rotatable bonds is 4. The third-order valence-electron chi connectivity index (χ3n) is 3.17. The fourth-order valence-corrected chi connectivity index (χ4v) is 2.17. The summed E-state index contributed by atoms with van der Waals surface area (Å²) in [4.78, 5) is 0. The molecule has 1 atom stereocenters. The van der Waals surface area contributed by atoms with Crippen molar-refractivity contribution in [3.05, 3.63) is 23.8 Å². The average Bonchev–Trinajstić information content (AvgIpc) is 2.35. The van der Waals surface area contributed by atoms with Crippen LogP contribution in [-0.2, 0) is 6.42 Å². The van der Waals surface area contributed by atoms with Crippen LogP contribution in [0.15, 0.2) is 18.2 Å². The molecule has 3 nitrogen and oxygen atoms in total. The molecule has 1 aromatic carbocycles. The van der Waals surface area contributed by atoms with E-state index in [1.54, 1.807) is 0 Å². The molecule has 0 saturated heterocycles. The fraction of sp³-hybridized carbons (Fsp3) is 0.625. The normalized spacial score (nSPS) is 16.2. The predicted octanol–water partition coefficient (Wildman–Crippen LogP) is 3.02.